The summed E-state index contributed by atoms with van der Waals surface area (Å²) in [7, 11) is 3.90. The van der Waals surface area contributed by atoms with Gasteiger partial charge >= 0.3 is 0 Å². The number of benzene rings is 1. The second kappa shape index (κ2) is 5.22. The van der Waals surface area contributed by atoms with Crippen LogP contribution >= 0.6 is 0 Å². The summed E-state index contributed by atoms with van der Waals surface area (Å²) < 4.78 is 5.58. The summed E-state index contributed by atoms with van der Waals surface area (Å²) >= 11 is 0. The molecule has 100 valence electrons. The Balaban J connectivity index is 2.83. The molecule has 1 aromatic carbocycles. The van der Waals surface area contributed by atoms with Crippen LogP contribution in [0.15, 0.2) is 18.2 Å². The number of non-ortho nitro benzene ring substituents is 1. The van der Waals surface area contributed by atoms with Crippen molar-refractivity contribution in [3.05, 3.63) is 28.3 Å². The molecule has 0 saturated heterocycles. The van der Waals surface area contributed by atoms with E-state index in [1.165, 1.54) is 12.1 Å². The normalized spacial score (nSPS) is 11.6. The quantitative estimate of drug-likeness (QED) is 0.492. The molecule has 0 radical (unpaired) electrons. The predicted octanol–water partition coefficient (Wildman–Crippen LogP) is 1.90. The van der Waals surface area contributed by atoms with Gasteiger partial charge in [0.05, 0.1) is 11.0 Å². The molecular weight excluding hydrogens is 234 g/mol. The van der Waals surface area contributed by atoms with Crippen LogP contribution in [0.5, 0.6) is 5.75 Å². The van der Waals surface area contributed by atoms with Crippen LogP contribution in [0.1, 0.15) is 13.8 Å². The Morgan fingerprint density at radius 3 is 2.50 bits per heavy atom. The molecule has 0 aliphatic rings. The number of nitrogen functional groups attached to an aromatic ring is 1. The lowest BCUT2D eigenvalue weighted by molar-refractivity contribution is -0.384. The maximum atomic E-state index is 10.7. The standard InChI is InChI=1S/C12H19N3O3/c1-12(2,14(3)4)8-18-11-6-9(13)5-10(7-11)15(16)17/h5-7H,8,13H2,1-4H3. The second-order valence-electron chi connectivity index (χ2n) is 5.01. The van der Waals surface area contributed by atoms with Crippen molar-refractivity contribution in [1.82, 2.24) is 4.90 Å². The van der Waals surface area contributed by atoms with Gasteiger partial charge in [0.15, 0.2) is 0 Å². The number of nitrogens with zero attached hydrogens (tertiary/aromatic N) is 2. The Bertz CT molecular complexity index is 444. The van der Waals surface area contributed by atoms with Gasteiger partial charge in [-0.05, 0) is 27.9 Å². The van der Waals surface area contributed by atoms with E-state index in [1.807, 2.05) is 32.8 Å². The zero-order chi connectivity index (χ0) is 13.9. The van der Waals surface area contributed by atoms with Crippen molar-refractivity contribution < 1.29 is 9.66 Å². The van der Waals surface area contributed by atoms with Gasteiger partial charge in [0.1, 0.15) is 12.4 Å². The van der Waals surface area contributed by atoms with E-state index in [0.717, 1.165) is 0 Å². The van der Waals surface area contributed by atoms with Gasteiger partial charge in [-0.15, -0.1) is 0 Å². The van der Waals surface area contributed by atoms with Crippen LogP contribution in [0.3, 0.4) is 0 Å². The number of likely N-dealkylation sites (N-methyl/N-ethyl adjacent to an activating group) is 1. The van der Waals surface area contributed by atoms with Crippen LogP contribution in [-0.2, 0) is 0 Å². The molecule has 0 bridgehead atoms. The molecule has 0 aliphatic heterocycles. The molecule has 0 aromatic heterocycles. The lowest BCUT2D eigenvalue weighted by Crippen LogP contribution is -2.43. The van der Waals surface area contributed by atoms with E-state index in [4.69, 9.17) is 10.5 Å². The van der Waals surface area contributed by atoms with Crippen LogP contribution in [0.2, 0.25) is 0 Å². The Labute approximate surface area is 106 Å². The number of ether oxygens (including phenoxy) is 1. The van der Waals surface area contributed by atoms with Gasteiger partial charge in [0.25, 0.3) is 5.69 Å². The van der Waals surface area contributed by atoms with Crippen LogP contribution in [0.25, 0.3) is 0 Å². The van der Waals surface area contributed by atoms with E-state index in [1.54, 1.807) is 6.07 Å². The van der Waals surface area contributed by atoms with Crippen LogP contribution in [0.4, 0.5) is 11.4 Å². The lowest BCUT2D eigenvalue weighted by Gasteiger charge is -2.32. The average Bonchev–Trinajstić information content (AvgIpc) is 2.25. The fraction of sp³-hybridized carbons (Fsp3) is 0.500. The van der Waals surface area contributed by atoms with Crippen molar-refractivity contribution in [2.75, 3.05) is 26.4 Å². The lowest BCUT2D eigenvalue weighted by atomic mass is 10.1. The molecule has 0 unspecified atom stereocenters. The number of nitrogens with two attached hydrogens (primary N) is 1. The molecule has 0 heterocycles. The van der Waals surface area contributed by atoms with E-state index in [0.29, 0.717) is 18.0 Å². The number of hydrogen-bond donors (Lipinski definition) is 1. The molecule has 0 saturated carbocycles. The maximum absolute atomic E-state index is 10.7. The van der Waals surface area contributed by atoms with Gasteiger partial charge in [-0.2, -0.15) is 0 Å². The molecule has 0 aliphatic carbocycles. The molecule has 18 heavy (non-hydrogen) atoms. The first kappa shape index (κ1) is 14.2. The number of hydrogen-bond acceptors (Lipinski definition) is 5. The van der Waals surface area contributed by atoms with E-state index >= 15 is 0 Å². The van der Waals surface area contributed by atoms with Crippen molar-refractivity contribution in [3.8, 4) is 5.75 Å². The van der Waals surface area contributed by atoms with Gasteiger partial charge < -0.3 is 15.4 Å². The first-order valence-electron chi connectivity index (χ1n) is 5.57. The highest BCUT2D eigenvalue weighted by atomic mass is 16.6. The molecule has 2 N–H and O–H groups in total. The summed E-state index contributed by atoms with van der Waals surface area (Å²) in [6, 6.07) is 4.27. The van der Waals surface area contributed by atoms with Crippen molar-refractivity contribution >= 4 is 11.4 Å². The van der Waals surface area contributed by atoms with Gasteiger partial charge in [0.2, 0.25) is 0 Å². The third kappa shape index (κ3) is 3.59. The molecule has 0 amide bonds. The largest absolute Gasteiger partial charge is 0.491 e. The fourth-order valence-electron chi connectivity index (χ4n) is 1.18. The Hall–Kier alpha value is -1.82. The molecule has 0 atom stereocenters. The van der Waals surface area contributed by atoms with Gasteiger partial charge in [-0.3, -0.25) is 10.1 Å². The maximum Gasteiger partial charge on any atom is 0.275 e. The molecule has 0 fully saturated rings. The summed E-state index contributed by atoms with van der Waals surface area (Å²) in [5, 5.41) is 10.7. The molecule has 0 spiro atoms. The van der Waals surface area contributed by atoms with E-state index in [-0.39, 0.29) is 11.2 Å². The van der Waals surface area contributed by atoms with E-state index in [2.05, 4.69) is 0 Å². The van der Waals surface area contributed by atoms with Crippen LogP contribution in [0, 0.1) is 10.1 Å². The molecular formula is C12H19N3O3. The molecule has 6 heteroatoms. The minimum Gasteiger partial charge on any atom is -0.491 e. The van der Waals surface area contributed by atoms with Crippen LogP contribution < -0.4 is 10.5 Å². The van der Waals surface area contributed by atoms with Crippen molar-refractivity contribution in [2.45, 2.75) is 19.4 Å². The van der Waals surface area contributed by atoms with E-state index in [9.17, 15) is 10.1 Å². The zero-order valence-corrected chi connectivity index (χ0v) is 11.1. The highest BCUT2D eigenvalue weighted by Gasteiger charge is 2.21. The topological polar surface area (TPSA) is 81.6 Å². The summed E-state index contributed by atoms with van der Waals surface area (Å²) in [5.41, 5.74) is 5.69. The van der Waals surface area contributed by atoms with Crippen molar-refractivity contribution in [1.29, 1.82) is 0 Å². The van der Waals surface area contributed by atoms with E-state index < -0.39 is 4.92 Å². The first-order valence-corrected chi connectivity index (χ1v) is 5.57. The first-order chi connectivity index (χ1) is 8.22. The van der Waals surface area contributed by atoms with Crippen molar-refractivity contribution in [3.63, 3.8) is 0 Å². The van der Waals surface area contributed by atoms with Gasteiger partial charge in [-0.1, -0.05) is 0 Å². The number of nitro benzene ring substituents is 1. The SMILES string of the molecule is CN(C)C(C)(C)COc1cc(N)cc([N+](=O)[O-])c1. The third-order valence-electron chi connectivity index (χ3n) is 2.93. The van der Waals surface area contributed by atoms with Crippen LogP contribution in [-0.4, -0.2) is 36.1 Å². The Kier molecular flexibility index (Phi) is 4.13. The number of nitro groups is 1. The fourth-order valence-corrected chi connectivity index (χ4v) is 1.18. The predicted molar refractivity (Wildman–Crippen MR) is 70.8 cm³/mol. The summed E-state index contributed by atoms with van der Waals surface area (Å²) in [6.45, 7) is 4.46. The van der Waals surface area contributed by atoms with Gasteiger partial charge in [-0.25, -0.2) is 0 Å². The summed E-state index contributed by atoms with van der Waals surface area (Å²) in [6.07, 6.45) is 0. The highest BCUT2D eigenvalue weighted by molar-refractivity contribution is 5.53. The Morgan fingerprint density at radius 2 is 2.00 bits per heavy atom. The summed E-state index contributed by atoms with van der Waals surface area (Å²) in [4.78, 5) is 12.2. The molecule has 1 rings (SSSR count). The molecule has 6 nitrogen and oxygen atoms in total. The number of anilines is 1. The second-order valence-corrected chi connectivity index (χ2v) is 5.01. The third-order valence-corrected chi connectivity index (χ3v) is 2.93. The van der Waals surface area contributed by atoms with Gasteiger partial charge in [0, 0.05) is 23.4 Å². The number of rotatable bonds is 5. The zero-order valence-electron chi connectivity index (χ0n) is 11.1. The molecule has 1 aromatic rings. The Morgan fingerprint density at radius 1 is 1.39 bits per heavy atom. The smallest absolute Gasteiger partial charge is 0.275 e. The van der Waals surface area contributed by atoms with Crippen molar-refractivity contribution in [2.24, 2.45) is 0 Å². The summed E-state index contributed by atoms with van der Waals surface area (Å²) in [5.74, 6) is 0.414. The minimum atomic E-state index is -0.486. The highest BCUT2D eigenvalue weighted by Crippen LogP contribution is 2.25. The minimum absolute atomic E-state index is 0.0624. The monoisotopic (exact) mass is 253 g/mol. The average molecular weight is 253 g/mol.